The van der Waals surface area contributed by atoms with Crippen LogP contribution in [0.5, 0.6) is 0 Å². The lowest BCUT2D eigenvalue weighted by molar-refractivity contribution is -0.118. The molecule has 0 saturated carbocycles. The Morgan fingerprint density at radius 2 is 2.12 bits per heavy atom. The number of carbonyl (C=O) groups is 1. The van der Waals surface area contributed by atoms with Crippen LogP contribution in [-0.4, -0.2) is 33.1 Å². The van der Waals surface area contributed by atoms with Gasteiger partial charge < -0.3 is 5.32 Å². The average Bonchev–Trinajstić information content (AvgIpc) is 2.65. The Hall–Kier alpha value is -1.23. The lowest BCUT2D eigenvalue weighted by atomic mass is 10.2. The molecule has 0 aliphatic carbocycles. The van der Waals surface area contributed by atoms with Crippen molar-refractivity contribution < 1.29 is 4.79 Å². The van der Waals surface area contributed by atoms with Gasteiger partial charge in [0.2, 0.25) is 0 Å². The third-order valence-electron chi connectivity index (χ3n) is 2.45. The maximum atomic E-state index is 11.7. The minimum atomic E-state index is 0.202. The van der Waals surface area contributed by atoms with Crippen LogP contribution in [0.25, 0.3) is 0 Å². The number of hydrogen-bond donors (Lipinski definition) is 1. The van der Waals surface area contributed by atoms with E-state index in [1.54, 1.807) is 4.68 Å². The zero-order valence-corrected chi connectivity index (χ0v) is 11.1. The molecule has 5 heteroatoms. The highest BCUT2D eigenvalue weighted by Crippen LogP contribution is 2.06. The highest BCUT2D eigenvalue weighted by atomic mass is 16.1. The van der Waals surface area contributed by atoms with Crippen LogP contribution in [0.15, 0.2) is 6.33 Å². The zero-order valence-electron chi connectivity index (χ0n) is 11.1. The SMILES string of the molecule is CC(C)NCCC(=O)Cc1ncnn1C(C)C. The number of nitrogens with one attached hydrogen (secondary N) is 1. The van der Waals surface area contributed by atoms with Gasteiger partial charge in [-0.15, -0.1) is 0 Å². The summed E-state index contributed by atoms with van der Waals surface area (Å²) in [4.78, 5) is 15.9. The topological polar surface area (TPSA) is 59.8 Å². The third-order valence-corrected chi connectivity index (χ3v) is 2.45. The fraction of sp³-hybridized carbons (Fsp3) is 0.750. The molecule has 0 bridgehead atoms. The number of rotatable bonds is 7. The summed E-state index contributed by atoms with van der Waals surface area (Å²) in [5.41, 5.74) is 0. The molecule has 0 spiro atoms. The minimum absolute atomic E-state index is 0.202. The van der Waals surface area contributed by atoms with E-state index in [9.17, 15) is 4.79 Å². The van der Waals surface area contributed by atoms with E-state index in [1.807, 2.05) is 13.8 Å². The Bertz CT molecular complexity index is 357. The van der Waals surface area contributed by atoms with Crippen LogP contribution < -0.4 is 5.32 Å². The van der Waals surface area contributed by atoms with Crippen LogP contribution >= 0.6 is 0 Å². The normalized spacial score (nSPS) is 11.4. The summed E-state index contributed by atoms with van der Waals surface area (Å²) < 4.78 is 1.80. The number of Topliss-reactive ketones (excluding diaryl/α,β-unsaturated/α-hetero) is 1. The molecule has 0 fully saturated rings. The van der Waals surface area contributed by atoms with Gasteiger partial charge in [-0.05, 0) is 13.8 Å². The van der Waals surface area contributed by atoms with E-state index in [0.717, 1.165) is 12.4 Å². The van der Waals surface area contributed by atoms with Gasteiger partial charge >= 0.3 is 0 Å². The van der Waals surface area contributed by atoms with E-state index in [4.69, 9.17) is 0 Å². The van der Waals surface area contributed by atoms with Crippen molar-refractivity contribution in [3.8, 4) is 0 Å². The van der Waals surface area contributed by atoms with Crippen LogP contribution in [0.3, 0.4) is 0 Å². The van der Waals surface area contributed by atoms with Crippen molar-refractivity contribution in [1.82, 2.24) is 20.1 Å². The Morgan fingerprint density at radius 1 is 1.41 bits per heavy atom. The Balaban J connectivity index is 2.42. The molecular formula is C12H22N4O. The number of aromatic nitrogens is 3. The van der Waals surface area contributed by atoms with Crippen molar-refractivity contribution >= 4 is 5.78 Å². The summed E-state index contributed by atoms with van der Waals surface area (Å²) in [6.07, 6.45) is 2.43. The molecule has 1 aromatic rings. The smallest absolute Gasteiger partial charge is 0.141 e. The van der Waals surface area contributed by atoms with Crippen molar-refractivity contribution in [1.29, 1.82) is 0 Å². The molecule has 1 heterocycles. The molecule has 0 aromatic carbocycles. The summed E-state index contributed by atoms with van der Waals surface area (Å²) in [7, 11) is 0. The number of ketones is 1. The van der Waals surface area contributed by atoms with Crippen LogP contribution in [0.2, 0.25) is 0 Å². The number of hydrogen-bond acceptors (Lipinski definition) is 4. The van der Waals surface area contributed by atoms with Gasteiger partial charge in [0.25, 0.3) is 0 Å². The Labute approximate surface area is 103 Å². The van der Waals surface area contributed by atoms with Gasteiger partial charge in [0, 0.05) is 25.0 Å². The molecule has 5 nitrogen and oxygen atoms in total. The summed E-state index contributed by atoms with van der Waals surface area (Å²) in [6.45, 7) is 8.93. The maximum absolute atomic E-state index is 11.7. The quantitative estimate of drug-likeness (QED) is 0.779. The third kappa shape index (κ3) is 4.65. The van der Waals surface area contributed by atoms with Gasteiger partial charge in [-0.2, -0.15) is 5.10 Å². The monoisotopic (exact) mass is 238 g/mol. The predicted molar refractivity (Wildman–Crippen MR) is 66.9 cm³/mol. The molecule has 96 valence electrons. The first-order valence-electron chi connectivity index (χ1n) is 6.14. The summed E-state index contributed by atoms with van der Waals surface area (Å²) in [6, 6.07) is 0.663. The highest BCUT2D eigenvalue weighted by molar-refractivity contribution is 5.80. The van der Waals surface area contributed by atoms with Gasteiger partial charge in [-0.3, -0.25) is 4.79 Å². The summed E-state index contributed by atoms with van der Waals surface area (Å²) in [5, 5.41) is 7.34. The Kier molecular flexibility index (Phi) is 5.28. The standard InChI is InChI=1S/C12H22N4O/c1-9(2)13-6-5-11(17)7-12-14-8-15-16(12)10(3)4/h8-10,13H,5-7H2,1-4H3. The van der Waals surface area contributed by atoms with Gasteiger partial charge in [-0.25, -0.2) is 9.67 Å². The van der Waals surface area contributed by atoms with Crippen molar-refractivity contribution in [3.05, 3.63) is 12.2 Å². The lowest BCUT2D eigenvalue weighted by Gasteiger charge is -2.09. The molecule has 0 amide bonds. The van der Waals surface area contributed by atoms with Crippen LogP contribution in [0, 0.1) is 0 Å². The fourth-order valence-electron chi connectivity index (χ4n) is 1.60. The molecule has 1 N–H and O–H groups in total. The van der Waals surface area contributed by atoms with Crippen LogP contribution in [0.4, 0.5) is 0 Å². The fourth-order valence-corrected chi connectivity index (χ4v) is 1.60. The molecule has 1 aromatic heterocycles. The second kappa shape index (κ2) is 6.49. The molecule has 0 saturated heterocycles. The van der Waals surface area contributed by atoms with Gasteiger partial charge in [-0.1, -0.05) is 13.8 Å². The largest absolute Gasteiger partial charge is 0.314 e. The molecule has 0 unspecified atom stereocenters. The van der Waals surface area contributed by atoms with Gasteiger partial charge in [0.05, 0.1) is 6.42 Å². The average molecular weight is 238 g/mol. The Morgan fingerprint density at radius 3 is 2.71 bits per heavy atom. The van der Waals surface area contributed by atoms with E-state index in [-0.39, 0.29) is 11.8 Å². The molecule has 0 atom stereocenters. The second-order valence-electron chi connectivity index (χ2n) is 4.79. The molecule has 0 aliphatic rings. The van der Waals surface area contributed by atoms with E-state index in [2.05, 4.69) is 29.2 Å². The van der Waals surface area contributed by atoms with Crippen molar-refractivity contribution in [2.45, 2.75) is 52.6 Å². The predicted octanol–water partition coefficient (Wildman–Crippen LogP) is 1.36. The number of carbonyl (C=O) groups excluding carboxylic acids is 1. The van der Waals surface area contributed by atoms with E-state index in [1.165, 1.54) is 6.33 Å². The van der Waals surface area contributed by atoms with Gasteiger partial charge in [0.1, 0.15) is 17.9 Å². The highest BCUT2D eigenvalue weighted by Gasteiger charge is 2.11. The molecular weight excluding hydrogens is 216 g/mol. The first-order valence-corrected chi connectivity index (χ1v) is 6.14. The van der Waals surface area contributed by atoms with Crippen LogP contribution in [-0.2, 0) is 11.2 Å². The second-order valence-corrected chi connectivity index (χ2v) is 4.79. The van der Waals surface area contributed by atoms with Gasteiger partial charge in [0.15, 0.2) is 0 Å². The van der Waals surface area contributed by atoms with E-state index < -0.39 is 0 Å². The molecule has 1 rings (SSSR count). The molecule has 0 aliphatic heterocycles. The van der Waals surface area contributed by atoms with Crippen molar-refractivity contribution in [3.63, 3.8) is 0 Å². The van der Waals surface area contributed by atoms with E-state index >= 15 is 0 Å². The number of nitrogens with zero attached hydrogens (tertiary/aromatic N) is 3. The van der Waals surface area contributed by atoms with E-state index in [0.29, 0.717) is 18.9 Å². The first kappa shape index (κ1) is 13.8. The van der Waals surface area contributed by atoms with Crippen molar-refractivity contribution in [2.24, 2.45) is 0 Å². The molecule has 17 heavy (non-hydrogen) atoms. The minimum Gasteiger partial charge on any atom is -0.314 e. The molecule has 0 radical (unpaired) electrons. The summed E-state index contributed by atoms with van der Waals surface area (Å²) >= 11 is 0. The van der Waals surface area contributed by atoms with Crippen molar-refractivity contribution in [2.75, 3.05) is 6.54 Å². The lowest BCUT2D eigenvalue weighted by Crippen LogP contribution is -2.26. The zero-order chi connectivity index (χ0) is 12.8. The summed E-state index contributed by atoms with van der Waals surface area (Å²) in [5.74, 6) is 0.961. The van der Waals surface area contributed by atoms with Crippen LogP contribution in [0.1, 0.15) is 46.0 Å². The first-order chi connectivity index (χ1) is 8.00. The maximum Gasteiger partial charge on any atom is 0.141 e.